The number of halogens is 1. The number of rotatable bonds is 4. The van der Waals surface area contributed by atoms with Crippen LogP contribution in [0.3, 0.4) is 0 Å². The van der Waals surface area contributed by atoms with Crippen molar-refractivity contribution < 1.29 is 24.4 Å². The SMILES string of the molecule is CCc1cc(C(O)C2OC(n3ccc4c(C)ncnc43)C(O)C2O)ccc1F. The van der Waals surface area contributed by atoms with Crippen LogP contribution in [0.1, 0.15) is 36.1 Å². The summed E-state index contributed by atoms with van der Waals surface area (Å²) in [5.74, 6) is -0.349. The molecule has 0 amide bonds. The fourth-order valence-corrected chi connectivity index (χ4v) is 3.72. The van der Waals surface area contributed by atoms with Crippen molar-refractivity contribution in [2.45, 2.75) is 50.9 Å². The number of benzene rings is 1. The molecule has 5 unspecified atom stereocenters. The third-order valence-electron chi connectivity index (χ3n) is 5.36. The molecular weight excluding hydrogens is 365 g/mol. The standard InChI is InChI=1S/C20H22FN3O4/c1-3-11-8-12(4-5-14(11)21)15(25)18-16(26)17(27)20(28-18)24-7-6-13-10(2)22-9-23-19(13)24/h4-9,15-18,20,25-27H,3H2,1-2H3. The van der Waals surface area contributed by atoms with Gasteiger partial charge in [0.15, 0.2) is 6.23 Å². The minimum Gasteiger partial charge on any atom is -0.387 e. The summed E-state index contributed by atoms with van der Waals surface area (Å²) in [6.45, 7) is 3.66. The summed E-state index contributed by atoms with van der Waals surface area (Å²) in [6, 6.07) is 6.10. The van der Waals surface area contributed by atoms with Crippen LogP contribution in [-0.2, 0) is 11.2 Å². The zero-order valence-electron chi connectivity index (χ0n) is 15.5. The second-order valence-corrected chi connectivity index (χ2v) is 7.04. The molecule has 3 aromatic rings. The predicted octanol–water partition coefficient (Wildman–Crippen LogP) is 1.79. The number of aryl methyl sites for hydroxylation is 2. The number of fused-ring (bicyclic) bond motifs is 1. The Morgan fingerprint density at radius 2 is 2.00 bits per heavy atom. The first-order valence-electron chi connectivity index (χ1n) is 9.18. The Kier molecular flexibility index (Phi) is 4.88. The van der Waals surface area contributed by atoms with Crippen molar-refractivity contribution >= 4 is 11.0 Å². The van der Waals surface area contributed by atoms with E-state index < -0.39 is 30.6 Å². The molecule has 1 aliphatic rings. The Hall–Kier alpha value is -2.39. The van der Waals surface area contributed by atoms with Gasteiger partial charge in [0, 0.05) is 11.6 Å². The van der Waals surface area contributed by atoms with E-state index in [1.54, 1.807) is 16.8 Å². The van der Waals surface area contributed by atoms with E-state index in [9.17, 15) is 19.7 Å². The van der Waals surface area contributed by atoms with Crippen molar-refractivity contribution in [3.8, 4) is 0 Å². The van der Waals surface area contributed by atoms with Crippen LogP contribution >= 0.6 is 0 Å². The van der Waals surface area contributed by atoms with Crippen molar-refractivity contribution in [3.05, 3.63) is 59.4 Å². The van der Waals surface area contributed by atoms with Gasteiger partial charge in [-0.05, 0) is 36.6 Å². The molecule has 1 saturated heterocycles. The largest absolute Gasteiger partial charge is 0.387 e. The van der Waals surface area contributed by atoms with Gasteiger partial charge in [0.25, 0.3) is 0 Å². The lowest BCUT2D eigenvalue weighted by Gasteiger charge is -2.22. The van der Waals surface area contributed by atoms with E-state index in [1.807, 2.05) is 19.9 Å². The molecule has 148 valence electrons. The molecule has 1 aliphatic heterocycles. The number of nitrogens with zero attached hydrogens (tertiary/aromatic N) is 3. The summed E-state index contributed by atoms with van der Waals surface area (Å²) in [4.78, 5) is 8.38. The summed E-state index contributed by atoms with van der Waals surface area (Å²) in [5.41, 5.74) is 2.23. The number of ether oxygens (including phenoxy) is 1. The molecule has 2 aromatic heterocycles. The molecule has 0 spiro atoms. The first-order valence-corrected chi connectivity index (χ1v) is 9.18. The second-order valence-electron chi connectivity index (χ2n) is 7.04. The molecule has 4 rings (SSSR count). The number of aromatic nitrogens is 3. The highest BCUT2D eigenvalue weighted by atomic mass is 19.1. The van der Waals surface area contributed by atoms with Crippen molar-refractivity contribution in [2.24, 2.45) is 0 Å². The van der Waals surface area contributed by atoms with Gasteiger partial charge in [-0.3, -0.25) is 0 Å². The van der Waals surface area contributed by atoms with Gasteiger partial charge in [-0.25, -0.2) is 14.4 Å². The fourth-order valence-electron chi connectivity index (χ4n) is 3.72. The highest BCUT2D eigenvalue weighted by Crippen LogP contribution is 2.37. The zero-order valence-corrected chi connectivity index (χ0v) is 15.5. The van der Waals surface area contributed by atoms with Gasteiger partial charge in [-0.2, -0.15) is 0 Å². The van der Waals surface area contributed by atoms with Crippen LogP contribution in [-0.4, -0.2) is 48.2 Å². The molecule has 3 N–H and O–H groups in total. The van der Waals surface area contributed by atoms with Gasteiger partial charge in [0.05, 0.1) is 5.69 Å². The zero-order chi connectivity index (χ0) is 20.0. The Morgan fingerprint density at radius 1 is 1.21 bits per heavy atom. The van der Waals surface area contributed by atoms with E-state index in [4.69, 9.17) is 4.74 Å². The van der Waals surface area contributed by atoms with E-state index in [0.717, 1.165) is 11.1 Å². The molecule has 0 aliphatic carbocycles. The lowest BCUT2D eigenvalue weighted by Crippen LogP contribution is -2.34. The molecule has 3 heterocycles. The van der Waals surface area contributed by atoms with Crippen molar-refractivity contribution in [2.75, 3.05) is 0 Å². The second kappa shape index (κ2) is 7.21. The quantitative estimate of drug-likeness (QED) is 0.631. The van der Waals surface area contributed by atoms with Gasteiger partial charge < -0.3 is 24.6 Å². The topological polar surface area (TPSA) is 101 Å². The molecule has 0 bridgehead atoms. The summed E-state index contributed by atoms with van der Waals surface area (Å²) >= 11 is 0. The Bertz CT molecular complexity index is 1010. The van der Waals surface area contributed by atoms with E-state index >= 15 is 0 Å². The molecule has 28 heavy (non-hydrogen) atoms. The lowest BCUT2D eigenvalue weighted by atomic mass is 9.97. The smallest absolute Gasteiger partial charge is 0.164 e. The predicted molar refractivity (Wildman–Crippen MR) is 98.9 cm³/mol. The third kappa shape index (κ3) is 2.98. The summed E-state index contributed by atoms with van der Waals surface area (Å²) in [6.07, 6.45) is -2.22. The average molecular weight is 387 g/mol. The normalized spacial score (nSPS) is 26.1. The molecule has 0 radical (unpaired) electrons. The average Bonchev–Trinajstić information content (AvgIpc) is 3.24. The van der Waals surface area contributed by atoms with Crippen molar-refractivity contribution in [1.82, 2.24) is 14.5 Å². The van der Waals surface area contributed by atoms with E-state index in [1.165, 1.54) is 18.5 Å². The van der Waals surface area contributed by atoms with Gasteiger partial charge in [-0.15, -0.1) is 0 Å². The van der Waals surface area contributed by atoms with Crippen LogP contribution in [0.5, 0.6) is 0 Å². The molecule has 1 fully saturated rings. The molecule has 1 aromatic carbocycles. The molecular formula is C20H22FN3O4. The molecule has 7 nitrogen and oxygen atoms in total. The monoisotopic (exact) mass is 387 g/mol. The van der Waals surface area contributed by atoms with Gasteiger partial charge >= 0.3 is 0 Å². The number of hydrogen-bond donors (Lipinski definition) is 3. The maximum absolute atomic E-state index is 13.8. The van der Waals surface area contributed by atoms with Crippen LogP contribution in [0.4, 0.5) is 4.39 Å². The van der Waals surface area contributed by atoms with Crippen LogP contribution in [0.25, 0.3) is 11.0 Å². The minimum absolute atomic E-state index is 0.349. The van der Waals surface area contributed by atoms with Crippen LogP contribution in [0, 0.1) is 12.7 Å². The Labute approximate surface area is 161 Å². The summed E-state index contributed by atoms with van der Waals surface area (Å²) in [5, 5.41) is 32.6. The van der Waals surface area contributed by atoms with Crippen LogP contribution in [0.2, 0.25) is 0 Å². The van der Waals surface area contributed by atoms with Gasteiger partial charge in [0.2, 0.25) is 0 Å². The molecule has 5 atom stereocenters. The lowest BCUT2D eigenvalue weighted by molar-refractivity contribution is -0.0848. The molecule has 8 heteroatoms. The Balaban J connectivity index is 1.65. The maximum Gasteiger partial charge on any atom is 0.164 e. The van der Waals surface area contributed by atoms with Gasteiger partial charge in [0.1, 0.15) is 42.2 Å². The summed E-state index contributed by atoms with van der Waals surface area (Å²) < 4.78 is 21.2. The highest BCUT2D eigenvalue weighted by Gasteiger charge is 2.47. The van der Waals surface area contributed by atoms with E-state index in [-0.39, 0.29) is 5.82 Å². The maximum atomic E-state index is 13.8. The number of aliphatic hydroxyl groups is 3. The van der Waals surface area contributed by atoms with E-state index in [2.05, 4.69) is 9.97 Å². The van der Waals surface area contributed by atoms with Crippen LogP contribution in [0.15, 0.2) is 36.8 Å². The number of aliphatic hydroxyl groups excluding tert-OH is 3. The number of hydrogen-bond acceptors (Lipinski definition) is 6. The Morgan fingerprint density at radius 3 is 2.75 bits per heavy atom. The first-order chi connectivity index (χ1) is 13.4. The fraction of sp³-hybridized carbons (Fsp3) is 0.400. The first kappa shape index (κ1) is 18.9. The summed E-state index contributed by atoms with van der Waals surface area (Å²) in [7, 11) is 0. The van der Waals surface area contributed by atoms with Crippen molar-refractivity contribution in [1.29, 1.82) is 0 Å². The van der Waals surface area contributed by atoms with Gasteiger partial charge in [-0.1, -0.05) is 19.1 Å². The third-order valence-corrected chi connectivity index (χ3v) is 5.36. The van der Waals surface area contributed by atoms with E-state index in [0.29, 0.717) is 23.2 Å². The van der Waals surface area contributed by atoms with Crippen molar-refractivity contribution in [3.63, 3.8) is 0 Å². The molecule has 0 saturated carbocycles. The minimum atomic E-state index is -1.32. The van der Waals surface area contributed by atoms with Crippen LogP contribution < -0.4 is 0 Å². The highest BCUT2D eigenvalue weighted by molar-refractivity contribution is 5.78.